The zero-order valence-electron chi connectivity index (χ0n) is 13.5. The molecule has 0 unspecified atom stereocenters. The van der Waals surface area contributed by atoms with E-state index in [0.29, 0.717) is 11.4 Å². The number of rotatable bonds is 4. The van der Waals surface area contributed by atoms with Gasteiger partial charge in [-0.2, -0.15) is 0 Å². The second-order valence-electron chi connectivity index (χ2n) is 6.00. The van der Waals surface area contributed by atoms with E-state index >= 15 is 0 Å². The van der Waals surface area contributed by atoms with E-state index in [1.165, 1.54) is 12.5 Å². The first-order chi connectivity index (χ1) is 11.4. The lowest BCUT2D eigenvalue weighted by atomic mass is 9.92. The van der Waals surface area contributed by atoms with Crippen LogP contribution in [0.2, 0.25) is 0 Å². The molecule has 0 saturated heterocycles. The Hall–Kier alpha value is -2.34. The summed E-state index contributed by atoms with van der Waals surface area (Å²) in [6.07, 6.45) is 4.23. The molecule has 2 aromatic carbocycles. The molecule has 0 aromatic heterocycles. The predicted molar refractivity (Wildman–Crippen MR) is 94.6 cm³/mol. The Kier molecular flexibility index (Phi) is 4.57. The van der Waals surface area contributed by atoms with Gasteiger partial charge < -0.3 is 5.32 Å². The van der Waals surface area contributed by atoms with Crippen LogP contribution in [0.25, 0.3) is 0 Å². The lowest BCUT2D eigenvalue weighted by Gasteiger charge is -2.17. The quantitative estimate of drug-likeness (QED) is 0.893. The fourth-order valence-electron chi connectivity index (χ4n) is 2.92. The molecular weight excluding hydrogens is 324 g/mol. The van der Waals surface area contributed by atoms with Gasteiger partial charge >= 0.3 is 0 Å². The van der Waals surface area contributed by atoms with Gasteiger partial charge in [0.15, 0.2) is 0 Å². The predicted octanol–water partition coefficient (Wildman–Crippen LogP) is 3.32. The second-order valence-corrected chi connectivity index (χ2v) is 7.68. The molecule has 126 valence electrons. The molecule has 1 amide bonds. The van der Waals surface area contributed by atoms with Crippen LogP contribution in [0.1, 0.15) is 30.9 Å². The molecule has 0 radical (unpaired) electrons. The van der Waals surface area contributed by atoms with Crippen molar-refractivity contribution in [2.45, 2.75) is 37.5 Å². The normalized spacial score (nSPS) is 13.9. The summed E-state index contributed by atoms with van der Waals surface area (Å²) in [6.45, 7) is 1.42. The fourth-order valence-corrected chi connectivity index (χ4v) is 4.02. The van der Waals surface area contributed by atoms with Gasteiger partial charge in [-0.05, 0) is 73.2 Å². The molecule has 0 saturated carbocycles. The van der Waals surface area contributed by atoms with Gasteiger partial charge in [-0.25, -0.2) is 8.42 Å². The van der Waals surface area contributed by atoms with Crippen molar-refractivity contribution < 1.29 is 13.2 Å². The summed E-state index contributed by atoms with van der Waals surface area (Å²) >= 11 is 0. The van der Waals surface area contributed by atoms with E-state index < -0.39 is 10.0 Å². The van der Waals surface area contributed by atoms with Crippen molar-refractivity contribution >= 4 is 27.3 Å². The molecule has 0 bridgehead atoms. The largest absolute Gasteiger partial charge is 0.326 e. The number of hydrogen-bond donors (Lipinski definition) is 2. The highest BCUT2D eigenvalue weighted by Gasteiger charge is 2.17. The molecule has 2 aromatic rings. The summed E-state index contributed by atoms with van der Waals surface area (Å²) in [5.41, 5.74) is 3.46. The second kappa shape index (κ2) is 6.65. The number of carbonyl (C=O) groups is 1. The Morgan fingerprint density at radius 1 is 0.917 bits per heavy atom. The molecule has 0 aliphatic heterocycles. The average molecular weight is 344 g/mol. The number of benzene rings is 2. The molecule has 1 aliphatic carbocycles. The van der Waals surface area contributed by atoms with Crippen LogP contribution in [0.5, 0.6) is 0 Å². The fraction of sp³-hybridized carbons (Fsp3) is 0.278. The number of fused-ring (bicyclic) bond motifs is 1. The van der Waals surface area contributed by atoms with E-state index in [9.17, 15) is 13.2 Å². The Labute approximate surface area is 142 Å². The molecule has 2 N–H and O–H groups in total. The highest BCUT2D eigenvalue weighted by molar-refractivity contribution is 7.92. The van der Waals surface area contributed by atoms with E-state index in [4.69, 9.17) is 0 Å². The van der Waals surface area contributed by atoms with Gasteiger partial charge in [0.05, 0.1) is 4.90 Å². The third kappa shape index (κ3) is 3.76. The van der Waals surface area contributed by atoms with Gasteiger partial charge in [-0.1, -0.05) is 6.07 Å². The molecule has 1 aliphatic rings. The Bertz CT molecular complexity index is 858. The molecule has 24 heavy (non-hydrogen) atoms. The lowest BCUT2D eigenvalue weighted by Crippen LogP contribution is -2.14. The van der Waals surface area contributed by atoms with Crippen LogP contribution in [-0.2, 0) is 27.7 Å². The van der Waals surface area contributed by atoms with Crippen LogP contribution >= 0.6 is 0 Å². The monoisotopic (exact) mass is 344 g/mol. The van der Waals surface area contributed by atoms with Crippen molar-refractivity contribution in [1.82, 2.24) is 0 Å². The van der Waals surface area contributed by atoms with Gasteiger partial charge in [0, 0.05) is 18.3 Å². The number of aryl methyl sites for hydroxylation is 2. The molecule has 3 rings (SSSR count). The molecule has 6 heteroatoms. The Balaban J connectivity index is 1.79. The minimum atomic E-state index is -3.62. The number of hydrogen-bond acceptors (Lipinski definition) is 3. The van der Waals surface area contributed by atoms with Crippen LogP contribution in [-0.4, -0.2) is 14.3 Å². The van der Waals surface area contributed by atoms with E-state index in [2.05, 4.69) is 10.0 Å². The average Bonchev–Trinajstić information content (AvgIpc) is 2.55. The summed E-state index contributed by atoms with van der Waals surface area (Å²) in [7, 11) is -3.62. The molecule has 0 atom stereocenters. The first-order valence-corrected chi connectivity index (χ1v) is 9.45. The van der Waals surface area contributed by atoms with E-state index in [0.717, 1.165) is 31.2 Å². The van der Waals surface area contributed by atoms with E-state index in [1.807, 2.05) is 6.07 Å². The number of sulfonamides is 1. The zero-order chi connectivity index (χ0) is 17.2. The van der Waals surface area contributed by atoms with Crippen molar-refractivity contribution in [3.8, 4) is 0 Å². The van der Waals surface area contributed by atoms with Crippen LogP contribution in [0.15, 0.2) is 47.4 Å². The Morgan fingerprint density at radius 2 is 1.54 bits per heavy atom. The SMILES string of the molecule is CC(=O)Nc1ccc(NS(=O)(=O)c2ccc3c(c2)CCCC3)cc1. The molecule has 0 heterocycles. The zero-order valence-corrected chi connectivity index (χ0v) is 14.3. The number of anilines is 2. The van der Waals surface area contributed by atoms with Gasteiger partial charge in [0.25, 0.3) is 10.0 Å². The van der Waals surface area contributed by atoms with Crippen LogP contribution in [0.3, 0.4) is 0 Å². The molecule has 0 fully saturated rings. The van der Waals surface area contributed by atoms with E-state index in [1.54, 1.807) is 36.4 Å². The summed E-state index contributed by atoms with van der Waals surface area (Å²) in [4.78, 5) is 11.3. The number of carbonyl (C=O) groups excluding carboxylic acids is 1. The first kappa shape index (κ1) is 16.5. The van der Waals surface area contributed by atoms with Gasteiger partial charge in [0.2, 0.25) is 5.91 Å². The molecule has 5 nitrogen and oxygen atoms in total. The van der Waals surface area contributed by atoms with Crippen molar-refractivity contribution in [2.75, 3.05) is 10.0 Å². The summed E-state index contributed by atoms with van der Waals surface area (Å²) in [5, 5.41) is 2.64. The standard InChI is InChI=1S/C18H20N2O3S/c1-13(21)19-16-7-9-17(10-8-16)20-24(22,23)18-11-6-14-4-2-3-5-15(14)12-18/h6-12,20H,2-5H2,1H3,(H,19,21). The summed E-state index contributed by atoms with van der Waals surface area (Å²) < 4.78 is 27.7. The Morgan fingerprint density at radius 3 is 2.21 bits per heavy atom. The minimum Gasteiger partial charge on any atom is -0.326 e. The van der Waals surface area contributed by atoms with E-state index in [-0.39, 0.29) is 10.8 Å². The van der Waals surface area contributed by atoms with Crippen molar-refractivity contribution in [3.05, 3.63) is 53.6 Å². The maximum absolute atomic E-state index is 12.6. The third-order valence-electron chi connectivity index (χ3n) is 4.09. The molecule has 0 spiro atoms. The van der Waals surface area contributed by atoms with Crippen LogP contribution in [0.4, 0.5) is 11.4 Å². The van der Waals surface area contributed by atoms with Gasteiger partial charge in [-0.3, -0.25) is 9.52 Å². The lowest BCUT2D eigenvalue weighted by molar-refractivity contribution is -0.114. The van der Waals surface area contributed by atoms with Crippen molar-refractivity contribution in [3.63, 3.8) is 0 Å². The number of amides is 1. The van der Waals surface area contributed by atoms with Crippen LogP contribution < -0.4 is 10.0 Å². The minimum absolute atomic E-state index is 0.169. The smallest absolute Gasteiger partial charge is 0.261 e. The maximum Gasteiger partial charge on any atom is 0.261 e. The van der Waals surface area contributed by atoms with Gasteiger partial charge in [0.1, 0.15) is 0 Å². The third-order valence-corrected chi connectivity index (χ3v) is 5.47. The first-order valence-electron chi connectivity index (χ1n) is 7.96. The van der Waals surface area contributed by atoms with Crippen molar-refractivity contribution in [2.24, 2.45) is 0 Å². The van der Waals surface area contributed by atoms with Crippen molar-refractivity contribution in [1.29, 1.82) is 0 Å². The summed E-state index contributed by atoms with van der Waals surface area (Å²) in [6, 6.07) is 11.9. The molecular formula is C18H20N2O3S. The highest BCUT2D eigenvalue weighted by atomic mass is 32.2. The van der Waals surface area contributed by atoms with Crippen LogP contribution in [0, 0.1) is 0 Å². The number of nitrogens with one attached hydrogen (secondary N) is 2. The van der Waals surface area contributed by atoms with Gasteiger partial charge in [-0.15, -0.1) is 0 Å². The summed E-state index contributed by atoms with van der Waals surface area (Å²) in [5.74, 6) is -0.169. The topological polar surface area (TPSA) is 75.3 Å². The maximum atomic E-state index is 12.6. The highest BCUT2D eigenvalue weighted by Crippen LogP contribution is 2.25.